The van der Waals surface area contributed by atoms with Gasteiger partial charge in [0.2, 0.25) is 0 Å². The fourth-order valence-corrected chi connectivity index (χ4v) is 4.06. The van der Waals surface area contributed by atoms with Crippen LogP contribution in [-0.2, 0) is 6.42 Å². The third kappa shape index (κ3) is 4.77. The first-order valence-corrected chi connectivity index (χ1v) is 9.96. The summed E-state index contributed by atoms with van der Waals surface area (Å²) in [6.45, 7) is 10.3. The van der Waals surface area contributed by atoms with Crippen LogP contribution in [0, 0.1) is 20.8 Å². The summed E-state index contributed by atoms with van der Waals surface area (Å²) < 4.78 is 5.25. The van der Waals surface area contributed by atoms with Crippen LogP contribution >= 0.6 is 0 Å². The van der Waals surface area contributed by atoms with E-state index in [1.54, 1.807) is 7.11 Å². The van der Waals surface area contributed by atoms with Crippen molar-refractivity contribution in [3.05, 3.63) is 58.7 Å². The Morgan fingerprint density at radius 3 is 2.36 bits per heavy atom. The Hall–Kier alpha value is -2.69. The molecule has 150 valence electrons. The van der Waals surface area contributed by atoms with E-state index in [1.165, 1.54) is 22.4 Å². The highest BCUT2D eigenvalue weighted by Gasteiger charge is 2.22. The summed E-state index contributed by atoms with van der Waals surface area (Å²) in [6, 6.07) is 12.5. The molecule has 0 radical (unpaired) electrons. The van der Waals surface area contributed by atoms with Gasteiger partial charge < -0.3 is 19.9 Å². The van der Waals surface area contributed by atoms with E-state index in [0.717, 1.165) is 43.9 Å². The number of amides is 2. The number of aryl methyl sites for hydroxylation is 3. The van der Waals surface area contributed by atoms with Crippen LogP contribution in [-0.4, -0.2) is 50.8 Å². The van der Waals surface area contributed by atoms with Gasteiger partial charge in [0.1, 0.15) is 5.75 Å². The van der Waals surface area contributed by atoms with Crippen LogP contribution < -0.4 is 15.0 Å². The van der Waals surface area contributed by atoms with Gasteiger partial charge in [0, 0.05) is 38.4 Å². The van der Waals surface area contributed by atoms with Crippen LogP contribution in [0.1, 0.15) is 22.3 Å². The molecule has 1 aliphatic heterocycles. The second kappa shape index (κ2) is 9.00. The Labute approximate surface area is 168 Å². The number of benzene rings is 2. The quantitative estimate of drug-likeness (QED) is 0.859. The maximum absolute atomic E-state index is 12.5. The van der Waals surface area contributed by atoms with Gasteiger partial charge in [0.05, 0.1) is 7.11 Å². The number of piperazine rings is 1. The number of ether oxygens (including phenoxy) is 1. The van der Waals surface area contributed by atoms with Crippen molar-refractivity contribution in [2.24, 2.45) is 0 Å². The molecule has 0 unspecified atom stereocenters. The van der Waals surface area contributed by atoms with Crippen LogP contribution in [0.4, 0.5) is 10.5 Å². The van der Waals surface area contributed by atoms with Crippen molar-refractivity contribution in [1.82, 2.24) is 10.2 Å². The van der Waals surface area contributed by atoms with Gasteiger partial charge >= 0.3 is 6.03 Å². The van der Waals surface area contributed by atoms with Crippen molar-refractivity contribution in [2.75, 3.05) is 44.7 Å². The summed E-state index contributed by atoms with van der Waals surface area (Å²) in [5, 5.41) is 3.05. The zero-order valence-corrected chi connectivity index (χ0v) is 17.4. The van der Waals surface area contributed by atoms with Gasteiger partial charge in [-0.1, -0.05) is 29.8 Å². The first kappa shape index (κ1) is 20.1. The highest BCUT2D eigenvalue weighted by molar-refractivity contribution is 5.74. The summed E-state index contributed by atoms with van der Waals surface area (Å²) in [5.74, 6) is 0.849. The standard InChI is InChI=1S/C23H31N3O2/c1-17-14-18(2)22(19(3)15-17)25-10-12-26(13-11-25)23(27)24-9-8-20-6-5-7-21(16-20)28-4/h5-7,14-16H,8-13H2,1-4H3,(H,24,27). The Bertz CT molecular complexity index is 803. The van der Waals surface area contributed by atoms with E-state index in [0.29, 0.717) is 6.54 Å². The van der Waals surface area contributed by atoms with Crippen molar-refractivity contribution in [3.8, 4) is 5.75 Å². The van der Waals surface area contributed by atoms with Crippen molar-refractivity contribution in [3.63, 3.8) is 0 Å². The molecule has 3 rings (SSSR count). The smallest absolute Gasteiger partial charge is 0.317 e. The fraction of sp³-hybridized carbons (Fsp3) is 0.435. The first-order valence-electron chi connectivity index (χ1n) is 9.96. The Balaban J connectivity index is 1.49. The van der Waals surface area contributed by atoms with Crippen LogP contribution in [0.5, 0.6) is 5.75 Å². The number of methoxy groups -OCH3 is 1. The number of hydrogen-bond acceptors (Lipinski definition) is 3. The molecule has 28 heavy (non-hydrogen) atoms. The number of carbonyl (C=O) groups is 1. The van der Waals surface area contributed by atoms with Crippen LogP contribution in [0.2, 0.25) is 0 Å². The lowest BCUT2D eigenvalue weighted by Gasteiger charge is -2.37. The molecule has 1 N–H and O–H groups in total. The summed E-state index contributed by atoms with van der Waals surface area (Å²) >= 11 is 0. The second-order valence-corrected chi connectivity index (χ2v) is 7.55. The van der Waals surface area contributed by atoms with E-state index < -0.39 is 0 Å². The normalized spacial score (nSPS) is 14.1. The molecular formula is C23H31N3O2. The van der Waals surface area contributed by atoms with Crippen LogP contribution in [0.3, 0.4) is 0 Å². The third-order valence-electron chi connectivity index (χ3n) is 5.34. The van der Waals surface area contributed by atoms with E-state index >= 15 is 0 Å². The molecule has 1 aliphatic rings. The maximum atomic E-state index is 12.5. The summed E-state index contributed by atoms with van der Waals surface area (Å²) in [7, 11) is 1.67. The Morgan fingerprint density at radius 2 is 1.71 bits per heavy atom. The van der Waals surface area contributed by atoms with Crippen LogP contribution in [0.15, 0.2) is 36.4 Å². The lowest BCUT2D eigenvalue weighted by atomic mass is 10.0. The molecule has 2 aromatic carbocycles. The van der Waals surface area contributed by atoms with Gasteiger partial charge in [-0.2, -0.15) is 0 Å². The minimum atomic E-state index is 0.0277. The molecule has 1 saturated heterocycles. The molecule has 0 spiro atoms. The van der Waals surface area contributed by atoms with Gasteiger partial charge in [-0.3, -0.25) is 0 Å². The average molecular weight is 382 g/mol. The lowest BCUT2D eigenvalue weighted by molar-refractivity contribution is 0.194. The SMILES string of the molecule is COc1cccc(CCNC(=O)N2CCN(c3c(C)cc(C)cc3C)CC2)c1. The first-order chi connectivity index (χ1) is 13.5. The van der Waals surface area contributed by atoms with Crippen molar-refractivity contribution < 1.29 is 9.53 Å². The maximum Gasteiger partial charge on any atom is 0.317 e. The topological polar surface area (TPSA) is 44.8 Å². The number of hydrogen-bond donors (Lipinski definition) is 1. The molecule has 2 amide bonds. The molecule has 1 fully saturated rings. The van der Waals surface area contributed by atoms with Crippen molar-refractivity contribution in [2.45, 2.75) is 27.2 Å². The number of carbonyl (C=O) groups excluding carboxylic acids is 1. The number of nitrogens with zero attached hydrogens (tertiary/aromatic N) is 2. The van der Waals surface area contributed by atoms with Gasteiger partial charge in [0.15, 0.2) is 0 Å². The van der Waals surface area contributed by atoms with E-state index in [4.69, 9.17) is 4.74 Å². The molecule has 2 aromatic rings. The van der Waals surface area contributed by atoms with Gasteiger partial charge in [-0.05, 0) is 56.0 Å². The Morgan fingerprint density at radius 1 is 1.04 bits per heavy atom. The molecule has 0 saturated carbocycles. The molecule has 0 aromatic heterocycles. The molecular weight excluding hydrogens is 350 g/mol. The molecule has 0 bridgehead atoms. The molecule has 0 atom stereocenters. The highest BCUT2D eigenvalue weighted by atomic mass is 16.5. The van der Waals surface area contributed by atoms with E-state index in [-0.39, 0.29) is 6.03 Å². The Kier molecular flexibility index (Phi) is 6.45. The monoisotopic (exact) mass is 381 g/mol. The zero-order valence-electron chi connectivity index (χ0n) is 17.4. The summed E-state index contributed by atoms with van der Waals surface area (Å²) in [5.41, 5.74) is 6.41. The summed E-state index contributed by atoms with van der Waals surface area (Å²) in [6.07, 6.45) is 0.796. The lowest BCUT2D eigenvalue weighted by Crippen LogP contribution is -2.52. The van der Waals surface area contributed by atoms with Crippen molar-refractivity contribution >= 4 is 11.7 Å². The molecule has 5 heteroatoms. The largest absolute Gasteiger partial charge is 0.497 e. The molecule has 1 heterocycles. The summed E-state index contributed by atoms with van der Waals surface area (Å²) in [4.78, 5) is 16.8. The number of anilines is 1. The molecule has 0 aliphatic carbocycles. The van der Waals surface area contributed by atoms with Crippen molar-refractivity contribution in [1.29, 1.82) is 0 Å². The highest BCUT2D eigenvalue weighted by Crippen LogP contribution is 2.27. The van der Waals surface area contributed by atoms with E-state index in [9.17, 15) is 4.79 Å². The minimum Gasteiger partial charge on any atom is -0.497 e. The number of nitrogens with one attached hydrogen (secondary N) is 1. The van der Waals surface area contributed by atoms with Gasteiger partial charge in [-0.25, -0.2) is 4.79 Å². The second-order valence-electron chi connectivity index (χ2n) is 7.55. The van der Waals surface area contributed by atoms with E-state index in [1.807, 2.05) is 23.1 Å². The van der Waals surface area contributed by atoms with Gasteiger partial charge in [-0.15, -0.1) is 0 Å². The predicted molar refractivity (Wildman–Crippen MR) is 115 cm³/mol. The van der Waals surface area contributed by atoms with Crippen LogP contribution in [0.25, 0.3) is 0 Å². The predicted octanol–water partition coefficient (Wildman–Crippen LogP) is 3.69. The van der Waals surface area contributed by atoms with E-state index in [2.05, 4.69) is 49.2 Å². The van der Waals surface area contributed by atoms with Gasteiger partial charge in [0.25, 0.3) is 0 Å². The minimum absolute atomic E-state index is 0.0277. The number of urea groups is 1. The third-order valence-corrected chi connectivity index (χ3v) is 5.34. The zero-order chi connectivity index (χ0) is 20.1. The molecule has 5 nitrogen and oxygen atoms in total. The average Bonchev–Trinajstić information content (AvgIpc) is 2.68. The number of rotatable bonds is 5. The fourth-order valence-electron chi connectivity index (χ4n) is 4.06.